The van der Waals surface area contributed by atoms with E-state index in [1.54, 1.807) is 19.1 Å². The zero-order valence-electron chi connectivity index (χ0n) is 9.16. The molecule has 0 fully saturated rings. The predicted octanol–water partition coefficient (Wildman–Crippen LogP) is 1.90. The van der Waals surface area contributed by atoms with Crippen molar-refractivity contribution in [2.24, 2.45) is 0 Å². The van der Waals surface area contributed by atoms with E-state index in [2.05, 4.69) is 5.32 Å². The summed E-state index contributed by atoms with van der Waals surface area (Å²) in [5, 5.41) is 12.4. The maximum absolute atomic E-state index is 11.7. The Morgan fingerprint density at radius 1 is 1.47 bits per heavy atom. The first-order valence-electron chi connectivity index (χ1n) is 4.82. The lowest BCUT2D eigenvalue weighted by Gasteiger charge is -2.12. The number of rotatable bonds is 2. The Hall–Kier alpha value is -1.51. The Labute approximate surface area is 90.1 Å². The number of hydrogen-bond acceptors (Lipinski definition) is 2. The first-order chi connectivity index (χ1) is 6.93. The molecule has 80 valence electrons. The lowest BCUT2D eigenvalue weighted by molar-refractivity contribution is 0.0939. The maximum Gasteiger partial charge on any atom is 0.255 e. The summed E-state index contributed by atoms with van der Waals surface area (Å²) in [6.45, 7) is 11.0. The van der Waals surface area contributed by atoms with Gasteiger partial charge in [0.1, 0.15) is 5.75 Å². The van der Waals surface area contributed by atoms with E-state index in [1.807, 2.05) is 13.8 Å². The molecule has 0 aromatic heterocycles. The summed E-state index contributed by atoms with van der Waals surface area (Å²) >= 11 is 0. The fraction of sp³-hybridized carbons (Fsp3) is 0.333. The molecule has 0 aliphatic rings. The first-order valence-corrected chi connectivity index (χ1v) is 4.82. The molecule has 1 rings (SSSR count). The number of carbonyl (C=O) groups excluding carboxylic acids is 1. The van der Waals surface area contributed by atoms with Crippen molar-refractivity contribution >= 4 is 5.91 Å². The molecule has 15 heavy (non-hydrogen) atoms. The summed E-state index contributed by atoms with van der Waals surface area (Å²) in [7, 11) is 0. The number of hydrogen-bond donors (Lipinski definition) is 2. The van der Waals surface area contributed by atoms with Crippen molar-refractivity contribution in [3.05, 3.63) is 35.7 Å². The monoisotopic (exact) mass is 205 g/mol. The minimum atomic E-state index is -0.299. The smallest absolute Gasteiger partial charge is 0.255 e. The van der Waals surface area contributed by atoms with Crippen molar-refractivity contribution in [2.75, 3.05) is 0 Å². The van der Waals surface area contributed by atoms with E-state index in [-0.39, 0.29) is 28.8 Å². The number of phenols is 1. The van der Waals surface area contributed by atoms with Gasteiger partial charge in [-0.05, 0) is 31.9 Å². The molecule has 0 atom stereocenters. The van der Waals surface area contributed by atoms with E-state index >= 15 is 0 Å². The van der Waals surface area contributed by atoms with Gasteiger partial charge in [-0.3, -0.25) is 4.79 Å². The Balaban J connectivity index is 3.13. The highest BCUT2D eigenvalue weighted by atomic mass is 16.3. The molecular formula is C12H15NO2. The third-order valence-corrected chi connectivity index (χ3v) is 2.06. The van der Waals surface area contributed by atoms with Crippen LogP contribution >= 0.6 is 0 Å². The zero-order valence-corrected chi connectivity index (χ0v) is 9.16. The van der Waals surface area contributed by atoms with Crippen LogP contribution in [0.4, 0.5) is 0 Å². The highest BCUT2D eigenvalue weighted by molar-refractivity contribution is 5.98. The molecule has 2 radical (unpaired) electrons. The second-order valence-electron chi connectivity index (χ2n) is 3.82. The lowest BCUT2D eigenvalue weighted by Crippen LogP contribution is -2.30. The Morgan fingerprint density at radius 3 is 2.60 bits per heavy atom. The van der Waals surface area contributed by atoms with Gasteiger partial charge in [0.15, 0.2) is 0 Å². The van der Waals surface area contributed by atoms with Gasteiger partial charge in [-0.1, -0.05) is 12.1 Å². The molecule has 0 bridgehead atoms. The van der Waals surface area contributed by atoms with Crippen LogP contribution in [0.2, 0.25) is 0 Å². The van der Waals surface area contributed by atoms with Gasteiger partial charge in [-0.25, -0.2) is 0 Å². The van der Waals surface area contributed by atoms with E-state index < -0.39 is 0 Å². The van der Waals surface area contributed by atoms with Crippen LogP contribution in [0.1, 0.15) is 35.3 Å². The average molecular weight is 205 g/mol. The zero-order chi connectivity index (χ0) is 11.6. The molecule has 0 spiro atoms. The van der Waals surface area contributed by atoms with Gasteiger partial charge in [0, 0.05) is 13.0 Å². The minimum Gasteiger partial charge on any atom is -0.507 e. The largest absolute Gasteiger partial charge is 0.507 e. The molecule has 3 heteroatoms. The highest BCUT2D eigenvalue weighted by Gasteiger charge is 2.16. The summed E-state index contributed by atoms with van der Waals surface area (Å²) < 4.78 is 0. The molecule has 1 aromatic rings. The number of benzene rings is 1. The van der Waals surface area contributed by atoms with Gasteiger partial charge < -0.3 is 10.4 Å². The first kappa shape index (κ1) is 11.6. The second kappa shape index (κ2) is 4.34. The molecule has 0 unspecified atom stereocenters. The van der Waals surface area contributed by atoms with Crippen molar-refractivity contribution in [3.63, 3.8) is 0 Å². The summed E-state index contributed by atoms with van der Waals surface area (Å²) in [4.78, 5) is 11.7. The summed E-state index contributed by atoms with van der Waals surface area (Å²) in [5.74, 6) is -0.444. The van der Waals surface area contributed by atoms with Crippen molar-refractivity contribution in [1.82, 2.24) is 5.32 Å². The Morgan fingerprint density at radius 2 is 2.07 bits per heavy atom. The van der Waals surface area contributed by atoms with E-state index in [4.69, 9.17) is 6.92 Å². The van der Waals surface area contributed by atoms with Crippen LogP contribution in [0.3, 0.4) is 0 Å². The van der Waals surface area contributed by atoms with Crippen molar-refractivity contribution in [2.45, 2.75) is 26.8 Å². The molecular weight excluding hydrogens is 190 g/mol. The SMILES string of the molecule is [CH]c1ccc(C)c(C(=O)NC(C)C)c1O. The van der Waals surface area contributed by atoms with Crippen LogP contribution in [0.15, 0.2) is 12.1 Å². The molecule has 0 aliphatic carbocycles. The number of nitrogens with one attached hydrogen (secondary N) is 1. The number of phenolic OH excluding ortho intramolecular Hbond substituents is 1. The average Bonchev–Trinajstić information content (AvgIpc) is 2.11. The van der Waals surface area contributed by atoms with Gasteiger partial charge in [-0.15, -0.1) is 0 Å². The predicted molar refractivity (Wildman–Crippen MR) is 58.8 cm³/mol. The van der Waals surface area contributed by atoms with Gasteiger partial charge in [0.05, 0.1) is 5.56 Å². The number of carbonyl (C=O) groups is 1. The molecule has 0 heterocycles. The Kier molecular flexibility index (Phi) is 3.35. The molecule has 1 aromatic carbocycles. The van der Waals surface area contributed by atoms with E-state index in [9.17, 15) is 9.90 Å². The summed E-state index contributed by atoms with van der Waals surface area (Å²) in [5.41, 5.74) is 1.18. The minimum absolute atomic E-state index is 0.0257. The molecule has 0 aliphatic heterocycles. The third kappa shape index (κ3) is 2.49. The Bertz CT molecular complexity index is 383. The van der Waals surface area contributed by atoms with Gasteiger partial charge in [0.2, 0.25) is 0 Å². The normalized spacial score (nSPS) is 10.5. The summed E-state index contributed by atoms with van der Waals surface area (Å²) in [6, 6.07) is 3.32. The van der Waals surface area contributed by atoms with Crippen LogP contribution in [0, 0.1) is 13.8 Å². The fourth-order valence-electron chi connectivity index (χ4n) is 1.33. The quantitative estimate of drug-likeness (QED) is 0.774. The lowest BCUT2D eigenvalue weighted by atomic mass is 10.0. The maximum atomic E-state index is 11.7. The van der Waals surface area contributed by atoms with Gasteiger partial charge >= 0.3 is 0 Å². The van der Waals surface area contributed by atoms with Crippen molar-refractivity contribution < 1.29 is 9.90 Å². The van der Waals surface area contributed by atoms with E-state index in [0.29, 0.717) is 5.56 Å². The van der Waals surface area contributed by atoms with Crippen LogP contribution in [-0.2, 0) is 0 Å². The highest BCUT2D eigenvalue weighted by Crippen LogP contribution is 2.24. The van der Waals surface area contributed by atoms with E-state index in [0.717, 1.165) is 0 Å². The van der Waals surface area contributed by atoms with E-state index in [1.165, 1.54) is 0 Å². The van der Waals surface area contributed by atoms with Crippen LogP contribution < -0.4 is 5.32 Å². The van der Waals surface area contributed by atoms with Crippen molar-refractivity contribution in [3.8, 4) is 5.75 Å². The fourth-order valence-corrected chi connectivity index (χ4v) is 1.33. The summed E-state index contributed by atoms with van der Waals surface area (Å²) in [6.07, 6.45) is 0. The second-order valence-corrected chi connectivity index (χ2v) is 3.82. The molecule has 2 N–H and O–H groups in total. The van der Waals surface area contributed by atoms with Crippen LogP contribution in [-0.4, -0.2) is 17.1 Å². The molecule has 1 amide bonds. The number of aryl methyl sites for hydroxylation is 1. The van der Waals surface area contributed by atoms with Gasteiger partial charge in [-0.2, -0.15) is 0 Å². The van der Waals surface area contributed by atoms with Crippen molar-refractivity contribution in [1.29, 1.82) is 0 Å². The number of amides is 1. The standard InChI is InChI=1S/C12H15NO2/c1-7(2)13-12(15)10-8(3)5-6-9(4)11(10)14/h4-7,14H,1-3H3,(H,13,15). The van der Waals surface area contributed by atoms with Crippen LogP contribution in [0.5, 0.6) is 5.75 Å². The molecule has 0 saturated carbocycles. The van der Waals surface area contributed by atoms with Gasteiger partial charge in [0.25, 0.3) is 5.91 Å². The molecule has 0 saturated heterocycles. The third-order valence-electron chi connectivity index (χ3n) is 2.06. The number of aromatic hydroxyl groups is 1. The molecule has 3 nitrogen and oxygen atoms in total. The topological polar surface area (TPSA) is 49.3 Å². The van der Waals surface area contributed by atoms with Crippen LogP contribution in [0.25, 0.3) is 0 Å².